The summed E-state index contributed by atoms with van der Waals surface area (Å²) in [6.07, 6.45) is 4.59. The molecule has 0 aliphatic rings. The Kier molecular flexibility index (Phi) is 4.72. The molecule has 1 amide bonds. The van der Waals surface area contributed by atoms with Gasteiger partial charge >= 0.3 is 0 Å². The summed E-state index contributed by atoms with van der Waals surface area (Å²) in [5.41, 5.74) is 6.50. The quantitative estimate of drug-likeness (QED) is 0.830. The minimum Gasteiger partial charge on any atom is -0.370 e. The lowest BCUT2D eigenvalue weighted by Gasteiger charge is -2.12. The van der Waals surface area contributed by atoms with Crippen LogP contribution in [-0.4, -0.2) is 11.1 Å². The van der Waals surface area contributed by atoms with Crippen LogP contribution in [0.4, 0.5) is 0 Å². The third-order valence-corrected chi connectivity index (χ3v) is 3.22. The second kappa shape index (κ2) is 6.73. The van der Waals surface area contributed by atoms with E-state index in [4.69, 9.17) is 10.3 Å². The molecule has 0 spiro atoms. The van der Waals surface area contributed by atoms with Crippen molar-refractivity contribution in [2.45, 2.75) is 31.6 Å². The molecule has 1 aromatic carbocycles. The molecule has 4 heteroatoms. The Morgan fingerprint density at radius 3 is 2.63 bits per heavy atom. The van der Waals surface area contributed by atoms with Gasteiger partial charge in [0.1, 0.15) is 5.76 Å². The van der Waals surface area contributed by atoms with Crippen LogP contribution < -0.4 is 5.73 Å². The van der Waals surface area contributed by atoms with Crippen LogP contribution in [0.2, 0.25) is 0 Å². The lowest BCUT2D eigenvalue weighted by molar-refractivity contribution is -0.118. The van der Waals surface area contributed by atoms with Crippen molar-refractivity contribution in [3.8, 4) is 0 Å². The van der Waals surface area contributed by atoms with Crippen LogP contribution in [-0.2, 0) is 11.2 Å². The lowest BCUT2D eigenvalue weighted by Crippen LogP contribution is -2.12. The highest BCUT2D eigenvalue weighted by molar-refractivity contribution is 5.73. The number of primary amides is 1. The summed E-state index contributed by atoms with van der Waals surface area (Å²) >= 11 is 0. The number of carbonyl (C=O) groups is 1. The molecule has 0 aliphatic heterocycles. The molecule has 2 N–H and O–H groups in total. The predicted molar refractivity (Wildman–Crippen MR) is 72.4 cm³/mol. The smallest absolute Gasteiger partial charge is 0.217 e. The van der Waals surface area contributed by atoms with Crippen LogP contribution in [0.25, 0.3) is 0 Å². The number of hydrogen-bond donors (Lipinski definition) is 1. The van der Waals surface area contributed by atoms with Gasteiger partial charge in [-0.2, -0.15) is 0 Å². The second-order valence-corrected chi connectivity index (χ2v) is 4.64. The van der Waals surface area contributed by atoms with E-state index in [0.717, 1.165) is 18.6 Å². The van der Waals surface area contributed by atoms with Gasteiger partial charge in [-0.05, 0) is 24.8 Å². The Bertz CT molecular complexity index is 494. The summed E-state index contributed by atoms with van der Waals surface area (Å²) in [6.45, 7) is 0. The fourth-order valence-electron chi connectivity index (χ4n) is 2.17. The largest absolute Gasteiger partial charge is 0.370 e. The molecule has 0 radical (unpaired) electrons. The maximum Gasteiger partial charge on any atom is 0.217 e. The van der Waals surface area contributed by atoms with E-state index in [2.05, 4.69) is 17.3 Å². The highest BCUT2D eigenvalue weighted by Crippen LogP contribution is 2.26. The third-order valence-electron chi connectivity index (χ3n) is 3.22. The van der Waals surface area contributed by atoms with E-state index in [1.165, 1.54) is 5.56 Å². The second-order valence-electron chi connectivity index (χ2n) is 4.64. The number of amides is 1. The Morgan fingerprint density at radius 1 is 1.21 bits per heavy atom. The van der Waals surface area contributed by atoms with Crippen LogP contribution >= 0.6 is 0 Å². The molecule has 2 rings (SSSR count). The van der Waals surface area contributed by atoms with Crippen molar-refractivity contribution in [2.24, 2.45) is 5.73 Å². The topological polar surface area (TPSA) is 69.1 Å². The average molecular weight is 258 g/mol. The van der Waals surface area contributed by atoms with Crippen molar-refractivity contribution < 1.29 is 9.32 Å². The highest BCUT2D eigenvalue weighted by Gasteiger charge is 2.16. The molecule has 1 heterocycles. The molecule has 1 unspecified atom stereocenters. The van der Waals surface area contributed by atoms with Gasteiger partial charge in [0.2, 0.25) is 5.91 Å². The van der Waals surface area contributed by atoms with E-state index in [1.807, 2.05) is 24.3 Å². The molecule has 100 valence electrons. The molecule has 0 saturated heterocycles. The Hall–Kier alpha value is -2.10. The predicted octanol–water partition coefficient (Wildman–Crippen LogP) is 2.66. The first kappa shape index (κ1) is 13.3. The van der Waals surface area contributed by atoms with E-state index in [9.17, 15) is 4.79 Å². The number of aromatic nitrogens is 1. The van der Waals surface area contributed by atoms with Crippen molar-refractivity contribution in [1.29, 1.82) is 0 Å². The maximum absolute atomic E-state index is 10.9. The Labute approximate surface area is 112 Å². The molecule has 2 aromatic rings. The summed E-state index contributed by atoms with van der Waals surface area (Å²) in [7, 11) is 0. The van der Waals surface area contributed by atoms with E-state index in [-0.39, 0.29) is 11.8 Å². The van der Waals surface area contributed by atoms with Crippen molar-refractivity contribution >= 4 is 5.91 Å². The summed E-state index contributed by atoms with van der Waals surface area (Å²) in [5, 5.41) is 3.73. The number of rotatable bonds is 7. The fourth-order valence-corrected chi connectivity index (χ4v) is 2.17. The maximum atomic E-state index is 10.9. The van der Waals surface area contributed by atoms with Gasteiger partial charge in [0, 0.05) is 18.4 Å². The van der Waals surface area contributed by atoms with Crippen molar-refractivity contribution in [3.05, 3.63) is 53.9 Å². The van der Waals surface area contributed by atoms with E-state index in [1.54, 1.807) is 6.20 Å². The molecule has 0 fully saturated rings. The van der Waals surface area contributed by atoms with E-state index in [0.29, 0.717) is 12.8 Å². The number of benzene rings is 1. The summed E-state index contributed by atoms with van der Waals surface area (Å²) in [4.78, 5) is 10.9. The number of hydrogen-bond acceptors (Lipinski definition) is 3. The lowest BCUT2D eigenvalue weighted by atomic mass is 9.93. The number of carbonyl (C=O) groups excluding carboxylic acids is 1. The Balaban J connectivity index is 1.96. The van der Waals surface area contributed by atoms with Crippen LogP contribution in [0.3, 0.4) is 0 Å². The molecule has 0 bridgehead atoms. The third kappa shape index (κ3) is 4.25. The molecule has 1 atom stereocenters. The van der Waals surface area contributed by atoms with Crippen molar-refractivity contribution in [1.82, 2.24) is 5.16 Å². The zero-order chi connectivity index (χ0) is 13.5. The number of nitrogens with two attached hydrogens (primary N) is 1. The molecule has 4 nitrogen and oxygen atoms in total. The van der Waals surface area contributed by atoms with E-state index >= 15 is 0 Å². The summed E-state index contributed by atoms with van der Waals surface area (Å²) in [6, 6.07) is 12.1. The zero-order valence-electron chi connectivity index (χ0n) is 10.8. The van der Waals surface area contributed by atoms with Crippen molar-refractivity contribution in [2.75, 3.05) is 0 Å². The van der Waals surface area contributed by atoms with Gasteiger partial charge in [-0.15, -0.1) is 0 Å². The minimum absolute atomic E-state index is 0.190. The molecular formula is C15H18N2O2. The van der Waals surface area contributed by atoms with Gasteiger partial charge < -0.3 is 10.3 Å². The van der Waals surface area contributed by atoms with Crippen LogP contribution in [0, 0.1) is 0 Å². The monoisotopic (exact) mass is 258 g/mol. The van der Waals surface area contributed by atoms with Gasteiger partial charge in [-0.3, -0.25) is 4.79 Å². The first-order chi connectivity index (χ1) is 9.25. The number of nitrogens with zero attached hydrogens (tertiary/aromatic N) is 1. The first-order valence-corrected chi connectivity index (χ1v) is 6.48. The van der Waals surface area contributed by atoms with Gasteiger partial charge in [0.25, 0.3) is 0 Å². The standard InChI is InChI=1S/C15H18N2O2/c16-15(18)9-8-13(14-10-11-17-19-14)7-6-12-4-2-1-3-5-12/h1-5,10-11,13H,6-9H2,(H2,16,18). The SMILES string of the molecule is NC(=O)CCC(CCc1ccccc1)c1ccno1. The normalized spacial score (nSPS) is 12.2. The molecule has 0 saturated carbocycles. The summed E-state index contributed by atoms with van der Waals surface area (Å²) < 4.78 is 5.21. The van der Waals surface area contributed by atoms with Gasteiger partial charge in [0.05, 0.1) is 6.20 Å². The molecule has 19 heavy (non-hydrogen) atoms. The van der Waals surface area contributed by atoms with Gasteiger partial charge in [-0.25, -0.2) is 0 Å². The molecule has 0 aliphatic carbocycles. The van der Waals surface area contributed by atoms with Crippen LogP contribution in [0.15, 0.2) is 47.1 Å². The highest BCUT2D eigenvalue weighted by atomic mass is 16.5. The Morgan fingerprint density at radius 2 is 2.00 bits per heavy atom. The van der Waals surface area contributed by atoms with Gasteiger partial charge in [-0.1, -0.05) is 35.5 Å². The van der Waals surface area contributed by atoms with Crippen molar-refractivity contribution in [3.63, 3.8) is 0 Å². The minimum atomic E-state index is -0.274. The molecule has 1 aromatic heterocycles. The average Bonchev–Trinajstić information content (AvgIpc) is 2.93. The van der Waals surface area contributed by atoms with E-state index < -0.39 is 0 Å². The fraction of sp³-hybridized carbons (Fsp3) is 0.333. The molecular weight excluding hydrogens is 240 g/mol. The first-order valence-electron chi connectivity index (χ1n) is 6.48. The van der Waals surface area contributed by atoms with Crippen LogP contribution in [0.5, 0.6) is 0 Å². The zero-order valence-corrected chi connectivity index (χ0v) is 10.8. The summed E-state index contributed by atoms with van der Waals surface area (Å²) in [5.74, 6) is 0.747. The van der Waals surface area contributed by atoms with Crippen LogP contribution in [0.1, 0.15) is 36.5 Å². The number of aryl methyl sites for hydroxylation is 1. The van der Waals surface area contributed by atoms with Gasteiger partial charge in [0.15, 0.2) is 0 Å².